The molecule has 1 nitrogen and oxygen atoms in total. The van der Waals surface area contributed by atoms with Gasteiger partial charge in [-0.25, -0.2) is 8.78 Å². The van der Waals surface area contributed by atoms with Gasteiger partial charge in [-0.15, -0.1) is 0 Å². The molecule has 1 atom stereocenters. The molecule has 0 bridgehead atoms. The molecular formula is C9H8F2OS. The van der Waals surface area contributed by atoms with E-state index >= 15 is 0 Å². The van der Waals surface area contributed by atoms with Crippen LogP contribution in [0.2, 0.25) is 0 Å². The Morgan fingerprint density at radius 2 is 1.92 bits per heavy atom. The van der Waals surface area contributed by atoms with E-state index in [1.807, 2.05) is 0 Å². The minimum Gasteiger partial charge on any atom is -0.254 e. The summed E-state index contributed by atoms with van der Waals surface area (Å²) >= 11 is 0. The first-order valence-electron chi connectivity index (χ1n) is 4.04. The molecule has 1 aliphatic carbocycles. The smallest absolute Gasteiger partial charge is 0.160 e. The standard InChI is InChI=1S/C9H8F2OS/c10-8-4-3-7(5-9(8)11)13(12)6-1-2-6/h3-6H,1-2H2. The summed E-state index contributed by atoms with van der Waals surface area (Å²) in [7, 11) is -1.15. The monoisotopic (exact) mass is 202 g/mol. The first-order chi connectivity index (χ1) is 6.18. The highest BCUT2D eigenvalue weighted by atomic mass is 32.2. The van der Waals surface area contributed by atoms with Crippen molar-refractivity contribution in [3.05, 3.63) is 29.8 Å². The molecule has 70 valence electrons. The van der Waals surface area contributed by atoms with Crippen molar-refractivity contribution in [1.82, 2.24) is 0 Å². The van der Waals surface area contributed by atoms with E-state index in [0.717, 1.165) is 25.0 Å². The summed E-state index contributed by atoms with van der Waals surface area (Å²) in [6.07, 6.45) is 1.84. The van der Waals surface area contributed by atoms with E-state index in [0.29, 0.717) is 4.90 Å². The lowest BCUT2D eigenvalue weighted by atomic mass is 10.3. The molecule has 1 saturated carbocycles. The van der Waals surface area contributed by atoms with Crippen LogP contribution in [0.15, 0.2) is 23.1 Å². The van der Waals surface area contributed by atoms with Gasteiger partial charge in [-0.05, 0) is 31.0 Å². The Morgan fingerprint density at radius 3 is 2.46 bits per heavy atom. The highest BCUT2D eigenvalue weighted by Crippen LogP contribution is 2.30. The molecule has 0 aliphatic heterocycles. The number of halogens is 2. The molecule has 13 heavy (non-hydrogen) atoms. The topological polar surface area (TPSA) is 17.1 Å². The van der Waals surface area contributed by atoms with Crippen molar-refractivity contribution in [2.75, 3.05) is 0 Å². The maximum Gasteiger partial charge on any atom is 0.160 e. The fourth-order valence-corrected chi connectivity index (χ4v) is 2.45. The van der Waals surface area contributed by atoms with Gasteiger partial charge in [-0.3, -0.25) is 4.21 Å². The van der Waals surface area contributed by atoms with Crippen LogP contribution in [0.1, 0.15) is 12.8 Å². The molecule has 1 aromatic carbocycles. The summed E-state index contributed by atoms with van der Waals surface area (Å²) in [4.78, 5) is 0.390. The second-order valence-corrected chi connectivity index (χ2v) is 4.81. The van der Waals surface area contributed by atoms with Gasteiger partial charge >= 0.3 is 0 Å². The summed E-state index contributed by atoms with van der Waals surface area (Å²) in [6, 6.07) is 3.42. The minimum absolute atomic E-state index is 0.157. The fourth-order valence-electron chi connectivity index (χ4n) is 1.08. The Balaban J connectivity index is 2.30. The van der Waals surface area contributed by atoms with Gasteiger partial charge in [-0.1, -0.05) is 0 Å². The van der Waals surface area contributed by atoms with Crippen LogP contribution in [0, 0.1) is 11.6 Å². The van der Waals surface area contributed by atoms with E-state index < -0.39 is 22.4 Å². The molecule has 1 aliphatic rings. The molecule has 0 N–H and O–H groups in total. The summed E-state index contributed by atoms with van der Waals surface area (Å²) in [5.74, 6) is -1.82. The lowest BCUT2D eigenvalue weighted by Gasteiger charge is -1.99. The average molecular weight is 202 g/mol. The van der Waals surface area contributed by atoms with Crippen LogP contribution in [0.4, 0.5) is 8.78 Å². The van der Waals surface area contributed by atoms with Crippen molar-refractivity contribution < 1.29 is 13.0 Å². The van der Waals surface area contributed by atoms with Crippen molar-refractivity contribution in [1.29, 1.82) is 0 Å². The maximum atomic E-state index is 12.7. The van der Waals surface area contributed by atoms with Crippen LogP contribution in [-0.4, -0.2) is 9.46 Å². The van der Waals surface area contributed by atoms with Gasteiger partial charge in [0.25, 0.3) is 0 Å². The van der Waals surface area contributed by atoms with Gasteiger partial charge < -0.3 is 0 Å². The summed E-state index contributed by atoms with van der Waals surface area (Å²) in [6.45, 7) is 0. The summed E-state index contributed by atoms with van der Waals surface area (Å²) < 4.78 is 36.7. The van der Waals surface area contributed by atoms with E-state index in [-0.39, 0.29) is 5.25 Å². The molecule has 0 spiro atoms. The molecule has 0 saturated heterocycles. The van der Waals surface area contributed by atoms with Crippen LogP contribution in [0.5, 0.6) is 0 Å². The molecule has 1 unspecified atom stereocenters. The zero-order valence-electron chi connectivity index (χ0n) is 6.80. The molecule has 0 radical (unpaired) electrons. The van der Waals surface area contributed by atoms with E-state index in [1.54, 1.807) is 0 Å². The highest BCUT2D eigenvalue weighted by molar-refractivity contribution is 7.86. The maximum absolute atomic E-state index is 12.7. The average Bonchev–Trinajstić information content (AvgIpc) is 2.91. The van der Waals surface area contributed by atoms with Crippen molar-refractivity contribution in [3.8, 4) is 0 Å². The fraction of sp³-hybridized carbons (Fsp3) is 0.333. The van der Waals surface area contributed by atoms with Crippen molar-refractivity contribution in [2.45, 2.75) is 23.0 Å². The second-order valence-electron chi connectivity index (χ2n) is 3.07. The molecule has 0 heterocycles. The highest BCUT2D eigenvalue weighted by Gasteiger charge is 2.29. The van der Waals surface area contributed by atoms with Crippen molar-refractivity contribution in [3.63, 3.8) is 0 Å². The number of rotatable bonds is 2. The molecular weight excluding hydrogens is 194 g/mol. The predicted molar refractivity (Wildman–Crippen MR) is 45.8 cm³/mol. The number of benzene rings is 1. The lowest BCUT2D eigenvalue weighted by Crippen LogP contribution is -1.98. The van der Waals surface area contributed by atoms with E-state index in [2.05, 4.69) is 0 Å². The van der Waals surface area contributed by atoms with E-state index in [4.69, 9.17) is 0 Å². The zero-order chi connectivity index (χ0) is 9.42. The molecule has 0 aromatic heterocycles. The van der Waals surface area contributed by atoms with E-state index in [1.165, 1.54) is 6.07 Å². The number of hydrogen-bond donors (Lipinski definition) is 0. The Bertz CT molecular complexity index is 361. The lowest BCUT2D eigenvalue weighted by molar-refractivity contribution is 0.505. The van der Waals surface area contributed by atoms with Crippen LogP contribution in [0.3, 0.4) is 0 Å². The van der Waals surface area contributed by atoms with Crippen LogP contribution >= 0.6 is 0 Å². The third kappa shape index (κ3) is 1.77. The summed E-state index contributed by atoms with van der Waals surface area (Å²) in [5, 5.41) is 0.157. The SMILES string of the molecule is O=S(c1ccc(F)c(F)c1)C1CC1. The zero-order valence-corrected chi connectivity index (χ0v) is 7.61. The largest absolute Gasteiger partial charge is 0.254 e. The van der Waals surface area contributed by atoms with Gasteiger partial charge in [-0.2, -0.15) is 0 Å². The normalized spacial score (nSPS) is 18.6. The first-order valence-corrected chi connectivity index (χ1v) is 5.25. The van der Waals surface area contributed by atoms with Gasteiger partial charge in [0, 0.05) is 10.1 Å². The van der Waals surface area contributed by atoms with Crippen LogP contribution in [-0.2, 0) is 10.8 Å². The molecule has 1 fully saturated rings. The van der Waals surface area contributed by atoms with Gasteiger partial charge in [0.05, 0.1) is 10.8 Å². The second kappa shape index (κ2) is 3.18. The predicted octanol–water partition coefficient (Wildman–Crippen LogP) is 2.23. The Hall–Kier alpha value is -0.770. The van der Waals surface area contributed by atoms with Crippen molar-refractivity contribution in [2.24, 2.45) is 0 Å². The molecule has 0 amide bonds. The third-order valence-corrected chi connectivity index (χ3v) is 3.75. The molecule has 1 aromatic rings. The third-order valence-electron chi connectivity index (χ3n) is 1.95. The summed E-state index contributed by atoms with van der Waals surface area (Å²) in [5.41, 5.74) is 0. The Morgan fingerprint density at radius 1 is 1.23 bits per heavy atom. The minimum atomic E-state index is -1.15. The van der Waals surface area contributed by atoms with E-state index in [9.17, 15) is 13.0 Å². The van der Waals surface area contributed by atoms with Gasteiger partial charge in [0.2, 0.25) is 0 Å². The van der Waals surface area contributed by atoms with Crippen LogP contribution in [0.25, 0.3) is 0 Å². The first kappa shape index (κ1) is 8.81. The van der Waals surface area contributed by atoms with Gasteiger partial charge in [0.1, 0.15) is 0 Å². The Labute approximate surface area is 77.2 Å². The molecule has 4 heteroatoms. The number of hydrogen-bond acceptors (Lipinski definition) is 1. The van der Waals surface area contributed by atoms with Crippen LogP contribution < -0.4 is 0 Å². The van der Waals surface area contributed by atoms with Crippen molar-refractivity contribution >= 4 is 10.8 Å². The quantitative estimate of drug-likeness (QED) is 0.718. The molecule has 2 rings (SSSR count). The van der Waals surface area contributed by atoms with Gasteiger partial charge in [0.15, 0.2) is 11.6 Å². The Kier molecular flexibility index (Phi) is 2.15.